The average molecular weight is 351 g/mol. The lowest BCUT2D eigenvalue weighted by Crippen LogP contribution is -2.36. The molecule has 1 aromatic rings. The van der Waals surface area contributed by atoms with Crippen LogP contribution in [0, 0.1) is 5.82 Å². The van der Waals surface area contributed by atoms with Gasteiger partial charge in [-0.25, -0.2) is 9.18 Å². The van der Waals surface area contributed by atoms with E-state index in [1.165, 1.54) is 0 Å². The highest BCUT2D eigenvalue weighted by molar-refractivity contribution is 5.72. The van der Waals surface area contributed by atoms with Crippen LogP contribution in [0.25, 0.3) is 0 Å². The summed E-state index contributed by atoms with van der Waals surface area (Å²) in [7, 11) is 0. The third-order valence-electron chi connectivity index (χ3n) is 2.77. The van der Waals surface area contributed by atoms with Gasteiger partial charge in [-0.3, -0.25) is 4.79 Å². The third kappa shape index (κ3) is 6.05. The first kappa shape index (κ1) is 19.7. The van der Waals surface area contributed by atoms with Crippen LogP contribution in [0.5, 0.6) is 0 Å². The Morgan fingerprint density at radius 2 is 1.83 bits per heavy atom. The molecular formula is C15H17F4NO4. The monoisotopic (exact) mass is 351 g/mol. The maximum Gasteiger partial charge on any atom is 0.419 e. The van der Waals surface area contributed by atoms with Crippen molar-refractivity contribution in [2.75, 3.05) is 0 Å². The maximum absolute atomic E-state index is 13.3. The number of carboxylic acids is 1. The topological polar surface area (TPSA) is 75.6 Å². The molecule has 0 bridgehead atoms. The van der Waals surface area contributed by atoms with Crippen molar-refractivity contribution < 1.29 is 37.0 Å². The Labute approximate surface area is 135 Å². The largest absolute Gasteiger partial charge is 0.481 e. The zero-order valence-corrected chi connectivity index (χ0v) is 13.2. The summed E-state index contributed by atoms with van der Waals surface area (Å²) in [5.74, 6) is -2.84. The summed E-state index contributed by atoms with van der Waals surface area (Å²) in [6.07, 6.45) is -6.63. The Bertz CT molecular complexity index is 623. The highest BCUT2D eigenvalue weighted by Gasteiger charge is 2.35. The van der Waals surface area contributed by atoms with Crippen LogP contribution in [0.1, 0.15) is 44.4 Å². The number of alkyl carbamates (subject to hydrolysis) is 1. The van der Waals surface area contributed by atoms with Gasteiger partial charge in [-0.15, -0.1) is 0 Å². The SMILES string of the molecule is CC(C)(C)OC(=O)N[C@H](CC(=O)O)c1ccc(F)c(C(F)(F)F)c1. The first-order valence-electron chi connectivity index (χ1n) is 6.87. The van der Waals surface area contributed by atoms with Crippen LogP contribution in [0.3, 0.4) is 0 Å². The first-order valence-corrected chi connectivity index (χ1v) is 6.87. The van der Waals surface area contributed by atoms with Gasteiger partial charge < -0.3 is 15.2 Å². The van der Waals surface area contributed by atoms with E-state index in [2.05, 4.69) is 5.32 Å². The number of amides is 1. The molecule has 0 aromatic heterocycles. The van der Waals surface area contributed by atoms with E-state index in [-0.39, 0.29) is 5.56 Å². The van der Waals surface area contributed by atoms with Crippen LogP contribution in [0.2, 0.25) is 0 Å². The second kappa shape index (κ2) is 7.06. The van der Waals surface area contributed by atoms with Crippen LogP contribution in [0.4, 0.5) is 22.4 Å². The number of halogens is 4. The van der Waals surface area contributed by atoms with E-state index in [1.807, 2.05) is 0 Å². The van der Waals surface area contributed by atoms with Crippen molar-refractivity contribution in [3.63, 3.8) is 0 Å². The van der Waals surface area contributed by atoms with E-state index in [1.54, 1.807) is 20.8 Å². The van der Waals surface area contributed by atoms with Crippen LogP contribution >= 0.6 is 0 Å². The molecule has 1 amide bonds. The first-order chi connectivity index (χ1) is 10.8. The molecule has 0 unspecified atom stereocenters. The fourth-order valence-electron chi connectivity index (χ4n) is 1.85. The molecule has 1 atom stereocenters. The molecule has 0 fully saturated rings. The fourth-order valence-corrected chi connectivity index (χ4v) is 1.85. The fraction of sp³-hybridized carbons (Fsp3) is 0.467. The van der Waals surface area contributed by atoms with Gasteiger partial charge in [0.05, 0.1) is 18.0 Å². The van der Waals surface area contributed by atoms with E-state index in [0.29, 0.717) is 12.1 Å². The van der Waals surface area contributed by atoms with Gasteiger partial charge in [0.25, 0.3) is 0 Å². The molecule has 0 saturated carbocycles. The number of aliphatic carboxylic acids is 1. The Kier molecular flexibility index (Phi) is 5.80. The molecule has 0 radical (unpaired) electrons. The van der Waals surface area contributed by atoms with Crippen molar-refractivity contribution >= 4 is 12.1 Å². The lowest BCUT2D eigenvalue weighted by Gasteiger charge is -2.23. The number of carbonyl (C=O) groups is 2. The quantitative estimate of drug-likeness (QED) is 0.807. The van der Waals surface area contributed by atoms with Gasteiger partial charge >= 0.3 is 18.2 Å². The highest BCUT2D eigenvalue weighted by Crippen LogP contribution is 2.33. The lowest BCUT2D eigenvalue weighted by atomic mass is 10.0. The molecular weight excluding hydrogens is 334 g/mol. The number of hydrogen-bond donors (Lipinski definition) is 2. The molecule has 1 rings (SSSR count). The van der Waals surface area contributed by atoms with Crippen molar-refractivity contribution in [2.45, 2.75) is 45.0 Å². The Balaban J connectivity index is 3.13. The minimum atomic E-state index is -4.94. The molecule has 0 spiro atoms. The van der Waals surface area contributed by atoms with Gasteiger partial charge in [0, 0.05) is 0 Å². The molecule has 0 saturated heterocycles. The molecule has 0 aliphatic heterocycles. The molecule has 24 heavy (non-hydrogen) atoms. The molecule has 134 valence electrons. The lowest BCUT2D eigenvalue weighted by molar-refractivity contribution is -0.140. The minimum Gasteiger partial charge on any atom is -0.481 e. The number of ether oxygens (including phenoxy) is 1. The third-order valence-corrected chi connectivity index (χ3v) is 2.77. The predicted molar refractivity (Wildman–Crippen MR) is 75.8 cm³/mol. The van der Waals surface area contributed by atoms with E-state index >= 15 is 0 Å². The normalized spacial score (nSPS) is 13.3. The van der Waals surface area contributed by atoms with Crippen molar-refractivity contribution in [3.05, 3.63) is 35.1 Å². The Morgan fingerprint density at radius 3 is 2.29 bits per heavy atom. The number of rotatable bonds is 4. The molecule has 0 aliphatic carbocycles. The number of carbonyl (C=O) groups excluding carboxylic acids is 1. The second-order valence-corrected chi connectivity index (χ2v) is 6.03. The van der Waals surface area contributed by atoms with E-state index in [0.717, 1.165) is 6.07 Å². The van der Waals surface area contributed by atoms with Gasteiger partial charge in [0.1, 0.15) is 11.4 Å². The van der Waals surface area contributed by atoms with Crippen LogP contribution < -0.4 is 5.32 Å². The summed E-state index contributed by atoms with van der Waals surface area (Å²) < 4.78 is 56.6. The molecule has 0 aliphatic rings. The van der Waals surface area contributed by atoms with Crippen molar-refractivity contribution in [1.82, 2.24) is 5.32 Å². The predicted octanol–water partition coefficient (Wildman–Crippen LogP) is 3.89. The summed E-state index contributed by atoms with van der Waals surface area (Å²) in [6.45, 7) is 4.70. The molecule has 5 nitrogen and oxygen atoms in total. The molecule has 0 heterocycles. The summed E-state index contributed by atoms with van der Waals surface area (Å²) in [4.78, 5) is 22.7. The summed E-state index contributed by atoms with van der Waals surface area (Å²) >= 11 is 0. The second-order valence-electron chi connectivity index (χ2n) is 6.03. The van der Waals surface area contributed by atoms with Crippen molar-refractivity contribution in [3.8, 4) is 0 Å². The number of nitrogens with one attached hydrogen (secondary N) is 1. The smallest absolute Gasteiger partial charge is 0.419 e. The number of benzene rings is 1. The standard InChI is InChI=1S/C15H17F4NO4/c1-14(2,3)24-13(23)20-11(7-12(21)22)8-4-5-10(16)9(6-8)15(17,18)19/h4-6,11H,7H2,1-3H3,(H,20,23)(H,21,22)/t11-/m1/s1. The zero-order valence-electron chi connectivity index (χ0n) is 13.2. The van der Waals surface area contributed by atoms with E-state index < -0.39 is 47.7 Å². The van der Waals surface area contributed by atoms with Gasteiger partial charge in [0.2, 0.25) is 0 Å². The Morgan fingerprint density at radius 1 is 1.25 bits per heavy atom. The minimum absolute atomic E-state index is 0.197. The summed E-state index contributed by atoms with van der Waals surface area (Å²) in [6, 6.07) is 0.721. The molecule has 9 heteroatoms. The summed E-state index contributed by atoms with van der Waals surface area (Å²) in [5.41, 5.74) is -2.61. The van der Waals surface area contributed by atoms with Gasteiger partial charge in [-0.2, -0.15) is 13.2 Å². The van der Waals surface area contributed by atoms with E-state index in [4.69, 9.17) is 9.84 Å². The van der Waals surface area contributed by atoms with Crippen molar-refractivity contribution in [2.24, 2.45) is 0 Å². The van der Waals surface area contributed by atoms with Crippen LogP contribution in [-0.4, -0.2) is 22.8 Å². The van der Waals surface area contributed by atoms with Gasteiger partial charge in [-0.1, -0.05) is 6.07 Å². The number of alkyl halides is 3. The van der Waals surface area contributed by atoms with Crippen LogP contribution in [-0.2, 0) is 15.7 Å². The molecule has 1 aromatic carbocycles. The average Bonchev–Trinajstić information content (AvgIpc) is 2.34. The number of hydrogen-bond acceptors (Lipinski definition) is 3. The van der Waals surface area contributed by atoms with E-state index in [9.17, 15) is 27.2 Å². The van der Waals surface area contributed by atoms with Gasteiger partial charge in [0.15, 0.2) is 0 Å². The zero-order chi connectivity index (χ0) is 18.7. The van der Waals surface area contributed by atoms with Gasteiger partial charge in [-0.05, 0) is 38.5 Å². The number of carboxylic acid groups (broad SMARTS) is 1. The summed E-state index contributed by atoms with van der Waals surface area (Å²) in [5, 5.41) is 11.1. The van der Waals surface area contributed by atoms with Crippen LogP contribution in [0.15, 0.2) is 18.2 Å². The van der Waals surface area contributed by atoms with Crippen molar-refractivity contribution in [1.29, 1.82) is 0 Å². The molecule has 2 N–H and O–H groups in total. The Hall–Kier alpha value is -2.32. The highest BCUT2D eigenvalue weighted by atomic mass is 19.4. The maximum atomic E-state index is 13.3.